The van der Waals surface area contributed by atoms with Crippen LogP contribution in [0.1, 0.15) is 64.2 Å². The largest absolute Gasteiger partial charge is 0.353 e. The van der Waals surface area contributed by atoms with E-state index >= 15 is 0 Å². The second-order valence-electron chi connectivity index (χ2n) is 7.00. The Bertz CT molecular complexity index is 598. The van der Waals surface area contributed by atoms with E-state index in [2.05, 4.69) is 26.1 Å². The highest BCUT2D eigenvalue weighted by molar-refractivity contribution is 8.01. The number of amides is 3. The molecule has 26 heavy (non-hydrogen) atoms. The smallest absolute Gasteiger partial charge is 0.321 e. The summed E-state index contributed by atoms with van der Waals surface area (Å²) in [6.07, 6.45) is 11.5. The average Bonchev–Trinajstić information content (AvgIpc) is 3.09. The zero-order valence-electron chi connectivity index (χ0n) is 15.0. The third kappa shape index (κ3) is 6.42. The molecule has 3 N–H and O–H groups in total. The van der Waals surface area contributed by atoms with Gasteiger partial charge in [-0.1, -0.05) is 61.6 Å². The Hall–Kier alpha value is -1.35. The number of thioether (sulfide) groups is 1. The van der Waals surface area contributed by atoms with Gasteiger partial charge in [0.15, 0.2) is 4.34 Å². The molecule has 1 aromatic heterocycles. The highest BCUT2D eigenvalue weighted by atomic mass is 32.2. The summed E-state index contributed by atoms with van der Waals surface area (Å²) in [5.74, 6) is 0.376. The van der Waals surface area contributed by atoms with Gasteiger partial charge in [0.05, 0.1) is 5.75 Å². The van der Waals surface area contributed by atoms with Crippen LogP contribution in [0.2, 0.25) is 0 Å². The molecule has 0 unspecified atom stereocenters. The summed E-state index contributed by atoms with van der Waals surface area (Å²) in [7, 11) is 0. The third-order valence-electron chi connectivity index (χ3n) is 4.86. The summed E-state index contributed by atoms with van der Waals surface area (Å²) in [5, 5.41) is 17.3. The lowest BCUT2D eigenvalue weighted by Gasteiger charge is -2.22. The van der Waals surface area contributed by atoms with E-state index in [0.29, 0.717) is 21.3 Å². The van der Waals surface area contributed by atoms with Gasteiger partial charge in [0.25, 0.3) is 0 Å². The molecule has 9 heteroatoms. The Labute approximate surface area is 162 Å². The number of carbonyl (C=O) groups is 2. The SMILES string of the molecule is O=C(CSc1nnc(NC(=O)NC2CCCCC2)s1)NC1CCCCC1. The van der Waals surface area contributed by atoms with Crippen molar-refractivity contribution >= 4 is 40.2 Å². The van der Waals surface area contributed by atoms with Gasteiger partial charge >= 0.3 is 6.03 Å². The van der Waals surface area contributed by atoms with Gasteiger partial charge in [-0.25, -0.2) is 4.79 Å². The first-order valence-corrected chi connectivity index (χ1v) is 11.3. The van der Waals surface area contributed by atoms with Gasteiger partial charge in [-0.05, 0) is 25.7 Å². The molecule has 0 saturated heterocycles. The maximum atomic E-state index is 12.0. The van der Waals surface area contributed by atoms with E-state index in [4.69, 9.17) is 0 Å². The molecular weight excluding hydrogens is 370 g/mol. The Morgan fingerprint density at radius 2 is 1.54 bits per heavy atom. The van der Waals surface area contributed by atoms with Gasteiger partial charge in [0, 0.05) is 12.1 Å². The number of urea groups is 1. The molecule has 0 radical (unpaired) electrons. The van der Waals surface area contributed by atoms with E-state index < -0.39 is 0 Å². The first kappa shape index (κ1) is 19.4. The lowest BCUT2D eigenvalue weighted by Crippen LogP contribution is -2.38. The average molecular weight is 398 g/mol. The van der Waals surface area contributed by atoms with Crippen LogP contribution >= 0.6 is 23.1 Å². The highest BCUT2D eigenvalue weighted by Crippen LogP contribution is 2.26. The molecule has 0 aliphatic heterocycles. The summed E-state index contributed by atoms with van der Waals surface area (Å²) >= 11 is 2.66. The topological polar surface area (TPSA) is 96.0 Å². The molecule has 0 bridgehead atoms. The van der Waals surface area contributed by atoms with E-state index in [1.54, 1.807) is 0 Å². The summed E-state index contributed by atoms with van der Waals surface area (Å²) < 4.78 is 0.691. The summed E-state index contributed by atoms with van der Waals surface area (Å²) in [6.45, 7) is 0. The molecule has 2 fully saturated rings. The Morgan fingerprint density at radius 3 is 2.19 bits per heavy atom. The molecule has 3 rings (SSSR count). The summed E-state index contributed by atoms with van der Waals surface area (Å²) in [6, 6.07) is 0.362. The third-order valence-corrected chi connectivity index (χ3v) is 6.84. The number of anilines is 1. The number of hydrogen-bond donors (Lipinski definition) is 3. The van der Waals surface area contributed by atoms with Gasteiger partial charge in [-0.15, -0.1) is 10.2 Å². The fourth-order valence-corrected chi connectivity index (χ4v) is 5.09. The summed E-state index contributed by atoms with van der Waals surface area (Å²) in [5.41, 5.74) is 0. The minimum atomic E-state index is -0.223. The maximum Gasteiger partial charge on any atom is 0.321 e. The van der Waals surface area contributed by atoms with Crippen LogP contribution in [0.4, 0.5) is 9.93 Å². The van der Waals surface area contributed by atoms with Crippen LogP contribution in [0.5, 0.6) is 0 Å². The fourth-order valence-electron chi connectivity index (χ4n) is 3.53. The quantitative estimate of drug-likeness (QED) is 0.504. The second-order valence-corrected chi connectivity index (χ2v) is 9.20. The van der Waals surface area contributed by atoms with Crippen LogP contribution in [0.3, 0.4) is 0 Å². The predicted octanol–water partition coefficient (Wildman–Crippen LogP) is 3.53. The Morgan fingerprint density at radius 1 is 0.923 bits per heavy atom. The molecule has 144 valence electrons. The molecule has 2 aliphatic carbocycles. The number of rotatable bonds is 6. The van der Waals surface area contributed by atoms with Crippen LogP contribution in [-0.4, -0.2) is 40.0 Å². The van der Waals surface area contributed by atoms with Crippen LogP contribution in [0.25, 0.3) is 0 Å². The summed E-state index contributed by atoms with van der Waals surface area (Å²) in [4.78, 5) is 24.1. The van der Waals surface area contributed by atoms with Crippen molar-refractivity contribution in [1.82, 2.24) is 20.8 Å². The standard InChI is InChI=1S/C17H27N5O2S2/c23-14(18-12-7-3-1-4-8-12)11-25-17-22-21-16(26-17)20-15(24)19-13-9-5-2-6-10-13/h12-13H,1-11H2,(H,18,23)(H2,19,20,21,24). The van der Waals surface area contributed by atoms with E-state index in [-0.39, 0.29) is 18.0 Å². The van der Waals surface area contributed by atoms with E-state index in [9.17, 15) is 9.59 Å². The number of carbonyl (C=O) groups excluding carboxylic acids is 2. The van der Waals surface area contributed by atoms with E-state index in [1.807, 2.05) is 0 Å². The van der Waals surface area contributed by atoms with Crippen molar-refractivity contribution in [2.45, 2.75) is 80.6 Å². The maximum absolute atomic E-state index is 12.0. The molecule has 2 saturated carbocycles. The predicted molar refractivity (Wildman–Crippen MR) is 105 cm³/mol. The fraction of sp³-hybridized carbons (Fsp3) is 0.765. The zero-order chi connectivity index (χ0) is 18.2. The van der Waals surface area contributed by atoms with Crippen molar-refractivity contribution in [3.8, 4) is 0 Å². The van der Waals surface area contributed by atoms with Crippen molar-refractivity contribution in [3.05, 3.63) is 0 Å². The highest BCUT2D eigenvalue weighted by Gasteiger charge is 2.18. The molecule has 7 nitrogen and oxygen atoms in total. The zero-order valence-corrected chi connectivity index (χ0v) is 16.6. The van der Waals surface area contributed by atoms with Gasteiger partial charge in [-0.2, -0.15) is 0 Å². The first-order valence-electron chi connectivity index (χ1n) is 9.52. The molecule has 0 atom stereocenters. The number of aromatic nitrogens is 2. The van der Waals surface area contributed by atoms with Crippen LogP contribution in [0.15, 0.2) is 4.34 Å². The number of nitrogens with one attached hydrogen (secondary N) is 3. The minimum Gasteiger partial charge on any atom is -0.353 e. The molecular formula is C17H27N5O2S2. The lowest BCUT2D eigenvalue weighted by molar-refractivity contribution is -0.119. The molecule has 1 aromatic rings. The molecule has 3 amide bonds. The van der Waals surface area contributed by atoms with Crippen LogP contribution in [0, 0.1) is 0 Å². The van der Waals surface area contributed by atoms with E-state index in [1.165, 1.54) is 61.6 Å². The Kier molecular flexibility index (Phi) is 7.55. The van der Waals surface area contributed by atoms with Gasteiger partial charge < -0.3 is 10.6 Å². The van der Waals surface area contributed by atoms with Gasteiger partial charge in [0.1, 0.15) is 0 Å². The number of hydrogen-bond acceptors (Lipinski definition) is 6. The van der Waals surface area contributed by atoms with Crippen LogP contribution < -0.4 is 16.0 Å². The van der Waals surface area contributed by atoms with Gasteiger partial charge in [0.2, 0.25) is 11.0 Å². The minimum absolute atomic E-state index is 0.0432. The van der Waals surface area contributed by atoms with Crippen molar-refractivity contribution in [3.63, 3.8) is 0 Å². The molecule has 1 heterocycles. The molecule has 0 spiro atoms. The van der Waals surface area contributed by atoms with Crippen molar-refractivity contribution in [1.29, 1.82) is 0 Å². The molecule has 2 aliphatic rings. The van der Waals surface area contributed by atoms with Crippen molar-refractivity contribution in [2.75, 3.05) is 11.1 Å². The monoisotopic (exact) mass is 397 g/mol. The van der Waals surface area contributed by atoms with E-state index in [0.717, 1.165) is 25.7 Å². The van der Waals surface area contributed by atoms with Gasteiger partial charge in [-0.3, -0.25) is 10.1 Å². The normalized spacial score (nSPS) is 19.1. The van der Waals surface area contributed by atoms with Crippen molar-refractivity contribution < 1.29 is 9.59 Å². The first-order chi connectivity index (χ1) is 12.7. The van der Waals surface area contributed by atoms with Crippen molar-refractivity contribution in [2.24, 2.45) is 0 Å². The molecule has 0 aromatic carbocycles. The second kappa shape index (κ2) is 10.1. The lowest BCUT2D eigenvalue weighted by atomic mass is 9.95. The van der Waals surface area contributed by atoms with Crippen LogP contribution in [-0.2, 0) is 4.79 Å². The Balaban J connectivity index is 1.36. The number of nitrogens with zero attached hydrogens (tertiary/aromatic N) is 2.